The topological polar surface area (TPSA) is 64.6 Å². The van der Waals surface area contributed by atoms with Gasteiger partial charge < -0.3 is 33.2 Å². The first kappa shape index (κ1) is 30.2. The lowest BCUT2D eigenvalue weighted by atomic mass is 9.99. The van der Waals surface area contributed by atoms with Gasteiger partial charge in [0.05, 0.1) is 47.3 Å². The number of rotatable bonds is 14. The standard InChI is InChI=1S/C32H40O7S/c1-6-40-32-31(38-21-25-11-17-28(35-5)18-12-25)30(37-20-24-9-15-27(34-4)16-10-24)29(22(2)39-32)36-19-23-7-13-26(33-3)14-8-23/h7-18,22,29-32H,6,19-21H2,1-5H3/t22?,29-,30?,31+,32-/m1/s1. The van der Waals surface area contributed by atoms with Crippen LogP contribution in [0.15, 0.2) is 72.8 Å². The number of ether oxygens (including phenoxy) is 7. The zero-order valence-electron chi connectivity index (χ0n) is 23.9. The van der Waals surface area contributed by atoms with Gasteiger partial charge >= 0.3 is 0 Å². The summed E-state index contributed by atoms with van der Waals surface area (Å²) >= 11 is 1.72. The summed E-state index contributed by atoms with van der Waals surface area (Å²) in [6.45, 7) is 5.42. The van der Waals surface area contributed by atoms with Gasteiger partial charge in [0, 0.05) is 0 Å². The first-order valence-electron chi connectivity index (χ1n) is 13.5. The van der Waals surface area contributed by atoms with E-state index in [1.165, 1.54) is 0 Å². The van der Waals surface area contributed by atoms with Gasteiger partial charge in [-0.25, -0.2) is 0 Å². The van der Waals surface area contributed by atoms with Gasteiger partial charge in [-0.3, -0.25) is 0 Å². The summed E-state index contributed by atoms with van der Waals surface area (Å²) in [5.41, 5.74) is 2.94. The van der Waals surface area contributed by atoms with Crippen molar-refractivity contribution < 1.29 is 33.2 Å². The maximum Gasteiger partial charge on any atom is 0.132 e. The van der Waals surface area contributed by atoms with E-state index < -0.39 is 0 Å². The smallest absolute Gasteiger partial charge is 0.132 e. The molecule has 5 atom stereocenters. The predicted octanol–water partition coefficient (Wildman–Crippen LogP) is 6.27. The molecule has 1 saturated heterocycles. The molecule has 3 aromatic carbocycles. The highest BCUT2D eigenvalue weighted by Gasteiger charge is 2.46. The minimum Gasteiger partial charge on any atom is -0.497 e. The van der Waals surface area contributed by atoms with Crippen LogP contribution in [0.2, 0.25) is 0 Å². The fourth-order valence-corrected chi connectivity index (χ4v) is 5.62. The maximum absolute atomic E-state index is 6.64. The third-order valence-corrected chi connectivity index (χ3v) is 7.90. The van der Waals surface area contributed by atoms with E-state index in [-0.39, 0.29) is 29.9 Å². The van der Waals surface area contributed by atoms with E-state index in [0.29, 0.717) is 19.8 Å². The Labute approximate surface area is 242 Å². The lowest BCUT2D eigenvalue weighted by Crippen LogP contribution is -2.58. The molecule has 0 N–H and O–H groups in total. The predicted molar refractivity (Wildman–Crippen MR) is 157 cm³/mol. The number of benzene rings is 3. The number of thioether (sulfide) groups is 1. The average molecular weight is 569 g/mol. The molecule has 1 heterocycles. The zero-order chi connectivity index (χ0) is 28.3. The summed E-state index contributed by atoms with van der Waals surface area (Å²) < 4.78 is 42.1. The molecule has 1 aliphatic heterocycles. The molecule has 0 aliphatic carbocycles. The second kappa shape index (κ2) is 15.3. The van der Waals surface area contributed by atoms with Crippen molar-refractivity contribution in [3.63, 3.8) is 0 Å². The van der Waals surface area contributed by atoms with Crippen LogP contribution >= 0.6 is 11.8 Å². The molecule has 4 rings (SSSR count). The molecule has 0 aromatic heterocycles. The SMILES string of the molecule is CCS[C@H]1OC(C)[C@@H](OCc2ccc(OC)cc2)C(OCc2ccc(OC)cc2)[C@@H]1OCc1ccc(OC)cc1. The van der Waals surface area contributed by atoms with E-state index in [1.807, 2.05) is 79.7 Å². The fourth-order valence-electron chi connectivity index (χ4n) is 4.61. The Morgan fingerprint density at radius 2 is 0.950 bits per heavy atom. The lowest BCUT2D eigenvalue weighted by molar-refractivity contribution is -0.242. The van der Waals surface area contributed by atoms with Gasteiger partial charge in [-0.15, -0.1) is 11.8 Å². The van der Waals surface area contributed by atoms with Crippen molar-refractivity contribution in [2.45, 2.75) is 63.5 Å². The van der Waals surface area contributed by atoms with Crippen LogP contribution in [0.4, 0.5) is 0 Å². The van der Waals surface area contributed by atoms with Crippen molar-refractivity contribution in [1.29, 1.82) is 0 Å². The Kier molecular flexibility index (Phi) is 11.6. The van der Waals surface area contributed by atoms with Crippen LogP contribution in [-0.2, 0) is 38.8 Å². The molecule has 8 heteroatoms. The van der Waals surface area contributed by atoms with Gasteiger partial charge in [-0.1, -0.05) is 43.3 Å². The van der Waals surface area contributed by atoms with Gasteiger partial charge in [0.1, 0.15) is 41.0 Å². The average Bonchev–Trinajstić information content (AvgIpc) is 3.00. The summed E-state index contributed by atoms with van der Waals surface area (Å²) in [5.74, 6) is 3.32. The molecule has 0 bridgehead atoms. The summed E-state index contributed by atoms with van der Waals surface area (Å²) in [6, 6.07) is 23.7. The Morgan fingerprint density at radius 3 is 1.32 bits per heavy atom. The molecule has 2 unspecified atom stereocenters. The Morgan fingerprint density at radius 1 is 0.575 bits per heavy atom. The van der Waals surface area contributed by atoms with Crippen LogP contribution < -0.4 is 14.2 Å². The van der Waals surface area contributed by atoms with Crippen molar-refractivity contribution in [1.82, 2.24) is 0 Å². The highest BCUT2D eigenvalue weighted by molar-refractivity contribution is 7.99. The number of hydrogen-bond acceptors (Lipinski definition) is 8. The second-order valence-corrected chi connectivity index (χ2v) is 10.9. The van der Waals surface area contributed by atoms with Crippen molar-refractivity contribution in [3.8, 4) is 17.2 Å². The van der Waals surface area contributed by atoms with Crippen LogP contribution in [0.25, 0.3) is 0 Å². The van der Waals surface area contributed by atoms with Crippen molar-refractivity contribution >= 4 is 11.8 Å². The van der Waals surface area contributed by atoms with Crippen LogP contribution in [0.3, 0.4) is 0 Å². The summed E-state index contributed by atoms with van der Waals surface area (Å²) in [7, 11) is 4.99. The van der Waals surface area contributed by atoms with E-state index in [1.54, 1.807) is 33.1 Å². The van der Waals surface area contributed by atoms with Crippen molar-refractivity contribution in [2.24, 2.45) is 0 Å². The Hall–Kier alpha value is -2.75. The van der Waals surface area contributed by atoms with Crippen molar-refractivity contribution in [2.75, 3.05) is 27.1 Å². The highest BCUT2D eigenvalue weighted by atomic mass is 32.2. The Balaban J connectivity index is 1.55. The number of hydrogen-bond donors (Lipinski definition) is 0. The molecule has 1 aliphatic rings. The molecule has 0 amide bonds. The molecule has 0 saturated carbocycles. The molecule has 216 valence electrons. The second-order valence-electron chi connectivity index (χ2n) is 9.54. The van der Waals surface area contributed by atoms with Crippen molar-refractivity contribution in [3.05, 3.63) is 89.5 Å². The van der Waals surface area contributed by atoms with Gasteiger partial charge in [0.25, 0.3) is 0 Å². The van der Waals surface area contributed by atoms with E-state index in [0.717, 1.165) is 39.7 Å². The number of methoxy groups -OCH3 is 3. The third kappa shape index (κ3) is 8.15. The van der Waals surface area contributed by atoms with Crippen LogP contribution in [0.5, 0.6) is 17.2 Å². The molecule has 0 radical (unpaired) electrons. The first-order chi connectivity index (χ1) is 19.5. The highest BCUT2D eigenvalue weighted by Crippen LogP contribution is 2.35. The zero-order valence-corrected chi connectivity index (χ0v) is 24.7. The van der Waals surface area contributed by atoms with E-state index in [2.05, 4.69) is 6.92 Å². The minimum absolute atomic E-state index is 0.191. The van der Waals surface area contributed by atoms with Gasteiger partial charge in [-0.05, 0) is 65.8 Å². The third-order valence-electron chi connectivity index (χ3n) is 6.86. The first-order valence-corrected chi connectivity index (χ1v) is 14.6. The van der Waals surface area contributed by atoms with Gasteiger partial charge in [0.2, 0.25) is 0 Å². The molecule has 1 fully saturated rings. The molecule has 40 heavy (non-hydrogen) atoms. The van der Waals surface area contributed by atoms with Gasteiger partial charge in [0.15, 0.2) is 0 Å². The normalized spacial score (nSPS) is 22.6. The molecular formula is C32H40O7S. The quantitative estimate of drug-likeness (QED) is 0.226. The monoisotopic (exact) mass is 568 g/mol. The maximum atomic E-state index is 6.64. The summed E-state index contributed by atoms with van der Waals surface area (Å²) in [6.07, 6.45) is -1.23. The summed E-state index contributed by atoms with van der Waals surface area (Å²) in [4.78, 5) is 0. The van der Waals surface area contributed by atoms with Gasteiger partial charge in [-0.2, -0.15) is 0 Å². The largest absolute Gasteiger partial charge is 0.497 e. The van der Waals surface area contributed by atoms with E-state index in [4.69, 9.17) is 33.2 Å². The van der Waals surface area contributed by atoms with Crippen LogP contribution in [0.1, 0.15) is 30.5 Å². The minimum atomic E-state index is -0.355. The van der Waals surface area contributed by atoms with E-state index in [9.17, 15) is 0 Å². The molecule has 7 nitrogen and oxygen atoms in total. The Bertz CT molecular complexity index is 1140. The molecule has 0 spiro atoms. The molecular weight excluding hydrogens is 528 g/mol. The fraction of sp³-hybridized carbons (Fsp3) is 0.438. The lowest BCUT2D eigenvalue weighted by Gasteiger charge is -2.45. The van der Waals surface area contributed by atoms with Crippen LogP contribution in [0, 0.1) is 0 Å². The van der Waals surface area contributed by atoms with E-state index >= 15 is 0 Å². The molecule has 3 aromatic rings. The van der Waals surface area contributed by atoms with Crippen LogP contribution in [-0.4, -0.2) is 56.9 Å². The summed E-state index contributed by atoms with van der Waals surface area (Å²) in [5, 5.41) is 0.